The van der Waals surface area contributed by atoms with Crippen LogP contribution in [0.3, 0.4) is 0 Å². The number of halogens is 1. The second-order valence-electron chi connectivity index (χ2n) is 6.54. The average molecular weight is 356 g/mol. The number of carbonyl (C=O) groups is 1. The zero-order chi connectivity index (χ0) is 17.7. The Morgan fingerprint density at radius 2 is 2.00 bits per heavy atom. The molecule has 1 amide bonds. The number of likely N-dealkylation sites (tertiary alicyclic amines) is 1. The molecule has 5 nitrogen and oxygen atoms in total. The molecule has 3 heterocycles. The number of hydrogen-bond donors (Lipinski definition) is 1. The first kappa shape index (κ1) is 16.0. The van der Waals surface area contributed by atoms with Crippen LogP contribution < -0.4 is 5.56 Å². The van der Waals surface area contributed by atoms with Crippen molar-refractivity contribution in [3.05, 3.63) is 68.7 Å². The summed E-state index contributed by atoms with van der Waals surface area (Å²) in [5.74, 6) is -0.111. The van der Waals surface area contributed by atoms with Crippen molar-refractivity contribution < 1.29 is 4.79 Å². The standard InChI is InChI=1S/C19H18ClN3O2/c1-11-10-22(2)19(25)16-14(9-21-17(11)16)18(24)23-8-7-15(23)12-3-5-13(20)6-4-12/h3-6,9-10,15,21H,7-8H2,1-2H3. The number of nitrogens with zero attached hydrogens (tertiary/aromatic N) is 2. The van der Waals surface area contributed by atoms with Crippen molar-refractivity contribution in [2.45, 2.75) is 19.4 Å². The SMILES string of the molecule is Cc1cn(C)c(=O)c2c(C(=O)N3CCC3c3ccc(Cl)cc3)c[nH]c12. The van der Waals surface area contributed by atoms with Crippen LogP contribution in [0.5, 0.6) is 0 Å². The number of aromatic amines is 1. The Hall–Kier alpha value is -2.53. The number of hydrogen-bond acceptors (Lipinski definition) is 2. The van der Waals surface area contributed by atoms with E-state index in [9.17, 15) is 9.59 Å². The summed E-state index contributed by atoms with van der Waals surface area (Å²) in [6, 6.07) is 7.60. The minimum atomic E-state index is -0.159. The van der Waals surface area contributed by atoms with E-state index in [1.807, 2.05) is 36.1 Å². The highest BCUT2D eigenvalue weighted by Gasteiger charge is 2.35. The summed E-state index contributed by atoms with van der Waals surface area (Å²) >= 11 is 5.95. The highest BCUT2D eigenvalue weighted by molar-refractivity contribution is 6.30. The quantitative estimate of drug-likeness (QED) is 0.765. The highest BCUT2D eigenvalue weighted by Crippen LogP contribution is 2.35. The lowest BCUT2D eigenvalue weighted by Crippen LogP contribution is -2.45. The molecule has 1 aliphatic heterocycles. The summed E-state index contributed by atoms with van der Waals surface area (Å²) in [5, 5.41) is 1.14. The first-order chi connectivity index (χ1) is 12.0. The van der Waals surface area contributed by atoms with Crippen LogP contribution in [-0.2, 0) is 7.05 Å². The van der Waals surface area contributed by atoms with Crippen LogP contribution in [0.15, 0.2) is 41.5 Å². The smallest absolute Gasteiger partial charge is 0.260 e. The molecule has 1 aliphatic rings. The second kappa shape index (κ2) is 5.77. The van der Waals surface area contributed by atoms with Gasteiger partial charge in [-0.1, -0.05) is 23.7 Å². The molecule has 128 valence electrons. The molecule has 1 saturated heterocycles. The van der Waals surface area contributed by atoms with E-state index in [-0.39, 0.29) is 17.5 Å². The molecule has 1 unspecified atom stereocenters. The Labute approximate surface area is 149 Å². The van der Waals surface area contributed by atoms with Gasteiger partial charge in [0.1, 0.15) is 0 Å². The third kappa shape index (κ3) is 2.46. The molecule has 0 saturated carbocycles. The van der Waals surface area contributed by atoms with Crippen molar-refractivity contribution in [3.63, 3.8) is 0 Å². The van der Waals surface area contributed by atoms with Gasteiger partial charge in [0.2, 0.25) is 0 Å². The molecular formula is C19H18ClN3O2. The van der Waals surface area contributed by atoms with Gasteiger partial charge in [0, 0.05) is 31.0 Å². The fourth-order valence-electron chi connectivity index (χ4n) is 3.53. The summed E-state index contributed by atoms with van der Waals surface area (Å²) in [6.07, 6.45) is 4.33. The van der Waals surface area contributed by atoms with Gasteiger partial charge in [0.15, 0.2) is 0 Å². The molecule has 0 radical (unpaired) electrons. The lowest BCUT2D eigenvalue weighted by Gasteiger charge is -2.41. The number of benzene rings is 1. The average Bonchev–Trinajstić information content (AvgIpc) is 2.99. The molecule has 0 bridgehead atoms. The minimum Gasteiger partial charge on any atom is -0.360 e. The molecule has 0 aliphatic carbocycles. The topological polar surface area (TPSA) is 58.1 Å². The fourth-order valence-corrected chi connectivity index (χ4v) is 3.66. The summed E-state index contributed by atoms with van der Waals surface area (Å²) in [4.78, 5) is 30.5. The lowest BCUT2D eigenvalue weighted by molar-refractivity contribution is 0.0462. The van der Waals surface area contributed by atoms with Crippen LogP contribution in [0.4, 0.5) is 0 Å². The largest absolute Gasteiger partial charge is 0.360 e. The Bertz CT molecular complexity index is 1030. The first-order valence-electron chi connectivity index (χ1n) is 8.21. The Kier molecular flexibility index (Phi) is 3.69. The minimum absolute atomic E-state index is 0.0309. The Morgan fingerprint density at radius 3 is 2.64 bits per heavy atom. The molecule has 6 heteroatoms. The number of amides is 1. The number of aryl methyl sites for hydroxylation is 2. The van der Waals surface area contributed by atoms with Gasteiger partial charge in [-0.05, 0) is 36.6 Å². The van der Waals surface area contributed by atoms with E-state index in [0.29, 0.717) is 22.5 Å². The zero-order valence-electron chi connectivity index (χ0n) is 14.0. The molecule has 1 aromatic carbocycles. The number of aromatic nitrogens is 2. The third-order valence-corrected chi connectivity index (χ3v) is 5.21. The van der Waals surface area contributed by atoms with Crippen LogP contribution in [0, 0.1) is 6.92 Å². The van der Waals surface area contributed by atoms with E-state index in [0.717, 1.165) is 23.1 Å². The van der Waals surface area contributed by atoms with E-state index in [1.54, 1.807) is 19.4 Å². The van der Waals surface area contributed by atoms with Crippen LogP contribution >= 0.6 is 11.6 Å². The van der Waals surface area contributed by atoms with Crippen molar-refractivity contribution >= 4 is 28.4 Å². The van der Waals surface area contributed by atoms with E-state index in [4.69, 9.17) is 11.6 Å². The van der Waals surface area contributed by atoms with Gasteiger partial charge in [-0.25, -0.2) is 0 Å². The molecule has 2 aromatic heterocycles. The molecule has 0 spiro atoms. The third-order valence-electron chi connectivity index (χ3n) is 4.96. The number of fused-ring (bicyclic) bond motifs is 1. The van der Waals surface area contributed by atoms with Crippen LogP contribution in [0.1, 0.15) is 33.9 Å². The van der Waals surface area contributed by atoms with Gasteiger partial charge in [-0.2, -0.15) is 0 Å². The highest BCUT2D eigenvalue weighted by atomic mass is 35.5. The van der Waals surface area contributed by atoms with E-state index in [1.165, 1.54) is 4.57 Å². The normalized spacial score (nSPS) is 16.9. The summed E-state index contributed by atoms with van der Waals surface area (Å²) in [5.41, 5.74) is 3.02. The predicted molar refractivity (Wildman–Crippen MR) is 98.1 cm³/mol. The van der Waals surface area contributed by atoms with Crippen molar-refractivity contribution in [1.82, 2.24) is 14.5 Å². The van der Waals surface area contributed by atoms with E-state index >= 15 is 0 Å². The molecule has 3 aromatic rings. The predicted octanol–water partition coefficient (Wildman–Crippen LogP) is 3.42. The van der Waals surface area contributed by atoms with Crippen LogP contribution in [-0.4, -0.2) is 26.9 Å². The van der Waals surface area contributed by atoms with Gasteiger partial charge in [-0.3, -0.25) is 9.59 Å². The second-order valence-corrected chi connectivity index (χ2v) is 6.97. The van der Waals surface area contributed by atoms with Gasteiger partial charge in [-0.15, -0.1) is 0 Å². The van der Waals surface area contributed by atoms with Gasteiger partial charge in [0.25, 0.3) is 11.5 Å². The lowest BCUT2D eigenvalue weighted by atomic mass is 9.93. The van der Waals surface area contributed by atoms with Crippen LogP contribution in [0.25, 0.3) is 10.9 Å². The number of carbonyl (C=O) groups excluding carboxylic acids is 1. The van der Waals surface area contributed by atoms with Gasteiger partial charge in [0.05, 0.1) is 22.5 Å². The first-order valence-corrected chi connectivity index (χ1v) is 8.59. The van der Waals surface area contributed by atoms with E-state index < -0.39 is 0 Å². The Balaban J connectivity index is 1.73. The maximum Gasteiger partial charge on any atom is 0.260 e. The number of nitrogens with one attached hydrogen (secondary N) is 1. The summed E-state index contributed by atoms with van der Waals surface area (Å²) in [7, 11) is 1.70. The van der Waals surface area contributed by atoms with E-state index in [2.05, 4.69) is 4.98 Å². The van der Waals surface area contributed by atoms with Crippen molar-refractivity contribution in [2.75, 3.05) is 6.54 Å². The monoisotopic (exact) mass is 355 g/mol. The fraction of sp³-hybridized carbons (Fsp3) is 0.263. The van der Waals surface area contributed by atoms with Gasteiger partial charge >= 0.3 is 0 Å². The maximum atomic E-state index is 13.1. The number of rotatable bonds is 2. The van der Waals surface area contributed by atoms with Crippen LogP contribution in [0.2, 0.25) is 5.02 Å². The zero-order valence-corrected chi connectivity index (χ0v) is 14.8. The number of pyridine rings is 1. The summed E-state index contributed by atoms with van der Waals surface area (Å²) < 4.78 is 1.52. The summed E-state index contributed by atoms with van der Waals surface area (Å²) in [6.45, 7) is 2.61. The molecular weight excluding hydrogens is 338 g/mol. The van der Waals surface area contributed by atoms with Crippen molar-refractivity contribution in [2.24, 2.45) is 7.05 Å². The number of H-pyrrole nitrogens is 1. The van der Waals surface area contributed by atoms with Gasteiger partial charge < -0.3 is 14.5 Å². The molecule has 1 N–H and O–H groups in total. The molecule has 1 fully saturated rings. The molecule has 25 heavy (non-hydrogen) atoms. The molecule has 1 atom stereocenters. The molecule has 4 rings (SSSR count). The van der Waals surface area contributed by atoms with Crippen molar-refractivity contribution in [1.29, 1.82) is 0 Å². The maximum absolute atomic E-state index is 13.1. The van der Waals surface area contributed by atoms with Crippen molar-refractivity contribution in [3.8, 4) is 0 Å². The Morgan fingerprint density at radius 1 is 1.28 bits per heavy atom.